The Morgan fingerprint density at radius 1 is 1.00 bits per heavy atom. The second kappa shape index (κ2) is 14.1. The fourth-order valence-electron chi connectivity index (χ4n) is 2.35. The first-order valence-corrected chi connectivity index (χ1v) is 10.2. The van der Waals surface area contributed by atoms with Crippen molar-refractivity contribution in [2.24, 2.45) is 4.99 Å². The lowest BCUT2D eigenvalue weighted by molar-refractivity contribution is 0.173. The Kier molecular flexibility index (Phi) is 15.3. The number of nitrogens with one attached hydrogen (secondary N) is 3. The van der Waals surface area contributed by atoms with Crippen LogP contribution in [0.5, 0.6) is 0 Å². The van der Waals surface area contributed by atoms with Crippen LogP contribution in [0, 0.1) is 0 Å². The van der Waals surface area contributed by atoms with Crippen molar-refractivity contribution in [3.05, 3.63) is 0 Å². The highest BCUT2D eigenvalue weighted by atomic mass is 127. The van der Waals surface area contributed by atoms with Gasteiger partial charge in [0.2, 0.25) is 10.0 Å². The van der Waals surface area contributed by atoms with Crippen molar-refractivity contribution in [2.45, 2.75) is 52.6 Å². The number of rotatable bonds is 11. The maximum absolute atomic E-state index is 10.9. The third-order valence-electron chi connectivity index (χ3n) is 3.45. The van der Waals surface area contributed by atoms with E-state index in [1.807, 2.05) is 0 Å². The summed E-state index contributed by atoms with van der Waals surface area (Å²) in [5, 5.41) is 6.46. The highest BCUT2D eigenvalue weighted by molar-refractivity contribution is 14.0. The van der Waals surface area contributed by atoms with Gasteiger partial charge in [0.05, 0.1) is 6.26 Å². The number of hydrogen-bond acceptors (Lipinski definition) is 4. The molecule has 0 spiro atoms. The lowest BCUT2D eigenvalue weighted by Gasteiger charge is -2.30. The molecule has 0 aromatic heterocycles. The zero-order valence-corrected chi connectivity index (χ0v) is 19.1. The predicted molar refractivity (Wildman–Crippen MR) is 114 cm³/mol. The van der Waals surface area contributed by atoms with Gasteiger partial charge in [-0.25, -0.2) is 13.1 Å². The van der Waals surface area contributed by atoms with Gasteiger partial charge in [0.15, 0.2) is 5.96 Å². The summed E-state index contributed by atoms with van der Waals surface area (Å²) in [6.45, 7) is 11.9. The molecule has 0 unspecified atom stereocenters. The highest BCUT2D eigenvalue weighted by Crippen LogP contribution is 2.05. The van der Waals surface area contributed by atoms with Crippen LogP contribution in [0.2, 0.25) is 0 Å². The fraction of sp³-hybridized carbons (Fsp3) is 0.933. The van der Waals surface area contributed by atoms with Crippen molar-refractivity contribution in [2.75, 3.05) is 39.5 Å². The van der Waals surface area contributed by atoms with E-state index in [0.717, 1.165) is 25.5 Å². The Labute approximate surface area is 165 Å². The Morgan fingerprint density at radius 2 is 1.50 bits per heavy atom. The molecule has 0 aromatic rings. The Hall–Kier alpha value is -0.130. The number of aliphatic imine (C=N–C) groups is 1. The first-order valence-electron chi connectivity index (χ1n) is 8.32. The van der Waals surface area contributed by atoms with Crippen molar-refractivity contribution in [3.8, 4) is 0 Å². The smallest absolute Gasteiger partial charge is 0.208 e. The third-order valence-corrected chi connectivity index (χ3v) is 4.17. The number of nitrogens with zero attached hydrogens (tertiary/aromatic N) is 2. The van der Waals surface area contributed by atoms with Crippen LogP contribution in [0.25, 0.3) is 0 Å². The minimum Gasteiger partial charge on any atom is -0.356 e. The molecule has 9 heteroatoms. The van der Waals surface area contributed by atoms with Gasteiger partial charge in [-0.15, -0.1) is 24.0 Å². The highest BCUT2D eigenvalue weighted by Gasteiger charge is 2.12. The van der Waals surface area contributed by atoms with Crippen LogP contribution < -0.4 is 15.4 Å². The lowest BCUT2D eigenvalue weighted by Crippen LogP contribution is -2.41. The maximum Gasteiger partial charge on any atom is 0.208 e. The average Bonchev–Trinajstić information content (AvgIpc) is 2.42. The molecule has 0 radical (unpaired) electrons. The zero-order chi connectivity index (χ0) is 17.9. The maximum atomic E-state index is 10.9. The molecular formula is C15H36IN5O2S. The minimum absolute atomic E-state index is 0. The van der Waals surface area contributed by atoms with Crippen molar-refractivity contribution in [1.29, 1.82) is 0 Å². The summed E-state index contributed by atoms with van der Waals surface area (Å²) < 4.78 is 24.3. The van der Waals surface area contributed by atoms with E-state index in [9.17, 15) is 8.42 Å². The number of guanidine groups is 1. The quantitative estimate of drug-likeness (QED) is 0.180. The van der Waals surface area contributed by atoms with Gasteiger partial charge < -0.3 is 10.6 Å². The first-order chi connectivity index (χ1) is 10.7. The molecule has 0 atom stereocenters. The molecule has 146 valence electrons. The molecule has 0 fully saturated rings. The molecule has 0 aliphatic rings. The average molecular weight is 477 g/mol. The molecule has 0 aliphatic carbocycles. The monoisotopic (exact) mass is 477 g/mol. The molecule has 3 N–H and O–H groups in total. The van der Waals surface area contributed by atoms with Crippen LogP contribution >= 0.6 is 24.0 Å². The van der Waals surface area contributed by atoms with Crippen molar-refractivity contribution < 1.29 is 8.42 Å². The van der Waals surface area contributed by atoms with E-state index in [4.69, 9.17) is 0 Å². The number of hydrogen-bond donors (Lipinski definition) is 3. The summed E-state index contributed by atoms with van der Waals surface area (Å²) in [5.41, 5.74) is 0. The summed E-state index contributed by atoms with van der Waals surface area (Å²) in [5.74, 6) is 0.755. The zero-order valence-electron chi connectivity index (χ0n) is 15.9. The van der Waals surface area contributed by atoms with Crippen molar-refractivity contribution in [1.82, 2.24) is 20.3 Å². The third kappa shape index (κ3) is 14.2. The Bertz CT molecular complexity index is 433. The number of halogens is 1. The van der Waals surface area contributed by atoms with E-state index in [1.54, 1.807) is 7.05 Å². The van der Waals surface area contributed by atoms with Gasteiger partial charge in [-0.2, -0.15) is 0 Å². The van der Waals surface area contributed by atoms with E-state index in [1.165, 1.54) is 6.26 Å². The van der Waals surface area contributed by atoms with Crippen LogP contribution in [-0.4, -0.2) is 70.8 Å². The molecule has 0 heterocycles. The molecule has 0 bridgehead atoms. The molecule has 0 saturated carbocycles. The molecule has 0 saturated heterocycles. The predicted octanol–water partition coefficient (Wildman–Crippen LogP) is 1.22. The molecular weight excluding hydrogens is 441 g/mol. The topological polar surface area (TPSA) is 85.8 Å². The van der Waals surface area contributed by atoms with E-state index >= 15 is 0 Å². The first kappa shape index (κ1) is 26.1. The van der Waals surface area contributed by atoms with Gasteiger partial charge in [-0.05, 0) is 40.5 Å². The van der Waals surface area contributed by atoms with E-state index in [2.05, 4.69) is 52.9 Å². The number of sulfonamides is 1. The lowest BCUT2D eigenvalue weighted by atomic mass is 10.2. The largest absolute Gasteiger partial charge is 0.356 e. The Morgan fingerprint density at radius 3 is 1.92 bits per heavy atom. The van der Waals surface area contributed by atoms with Gasteiger partial charge in [-0.3, -0.25) is 9.89 Å². The van der Waals surface area contributed by atoms with Crippen LogP contribution in [0.4, 0.5) is 0 Å². The van der Waals surface area contributed by atoms with Crippen LogP contribution in [-0.2, 0) is 10.0 Å². The molecule has 24 heavy (non-hydrogen) atoms. The Balaban J connectivity index is 0. The normalized spacial score (nSPS) is 12.6. The second-order valence-electron chi connectivity index (χ2n) is 6.22. The minimum atomic E-state index is -3.10. The standard InChI is InChI=1S/C15H35N5O2S.HI/c1-13(2)20(14(3)4)12-8-10-18-15(16-5)17-9-7-11-19-23(6,21)22;/h13-14,19H,7-12H2,1-6H3,(H2,16,17,18);1H. The second-order valence-corrected chi connectivity index (χ2v) is 8.06. The molecule has 0 rings (SSSR count). The summed E-state index contributed by atoms with van der Waals surface area (Å²) in [6.07, 6.45) is 2.92. The van der Waals surface area contributed by atoms with Gasteiger partial charge >= 0.3 is 0 Å². The van der Waals surface area contributed by atoms with Crippen molar-refractivity contribution in [3.63, 3.8) is 0 Å². The van der Waals surface area contributed by atoms with Crippen LogP contribution in [0.1, 0.15) is 40.5 Å². The van der Waals surface area contributed by atoms with E-state index in [-0.39, 0.29) is 24.0 Å². The summed E-state index contributed by atoms with van der Waals surface area (Å²) >= 11 is 0. The molecule has 0 aromatic carbocycles. The fourth-order valence-corrected chi connectivity index (χ4v) is 2.87. The molecule has 7 nitrogen and oxygen atoms in total. The summed E-state index contributed by atoms with van der Waals surface area (Å²) in [7, 11) is -1.36. The SMILES string of the molecule is CN=C(NCCCNS(C)(=O)=O)NCCCN(C(C)C)C(C)C.I. The summed E-state index contributed by atoms with van der Waals surface area (Å²) in [6, 6.07) is 1.10. The molecule has 0 amide bonds. The van der Waals surface area contributed by atoms with Gasteiger partial charge in [0.1, 0.15) is 0 Å². The van der Waals surface area contributed by atoms with Crippen molar-refractivity contribution >= 4 is 40.0 Å². The van der Waals surface area contributed by atoms with Gasteiger partial charge in [-0.1, -0.05) is 0 Å². The van der Waals surface area contributed by atoms with E-state index in [0.29, 0.717) is 31.6 Å². The summed E-state index contributed by atoms with van der Waals surface area (Å²) in [4.78, 5) is 6.63. The van der Waals surface area contributed by atoms with Crippen LogP contribution in [0.3, 0.4) is 0 Å². The van der Waals surface area contributed by atoms with Gasteiger partial charge in [0, 0.05) is 45.3 Å². The van der Waals surface area contributed by atoms with E-state index < -0.39 is 10.0 Å². The van der Waals surface area contributed by atoms with Crippen LogP contribution in [0.15, 0.2) is 4.99 Å². The van der Waals surface area contributed by atoms with Gasteiger partial charge in [0.25, 0.3) is 0 Å². The molecule has 0 aliphatic heterocycles.